The van der Waals surface area contributed by atoms with Gasteiger partial charge in [-0.05, 0) is 48.5 Å². The number of amides is 1. The Hall–Kier alpha value is -2.96. The second-order valence-corrected chi connectivity index (χ2v) is 7.33. The molecule has 0 unspecified atom stereocenters. The van der Waals surface area contributed by atoms with Crippen molar-refractivity contribution < 1.29 is 4.79 Å². The van der Waals surface area contributed by atoms with E-state index in [1.807, 2.05) is 66.7 Å². The number of halogens is 2. The summed E-state index contributed by atoms with van der Waals surface area (Å²) < 4.78 is 2.59. The third-order valence-corrected chi connectivity index (χ3v) is 4.80. The van der Waals surface area contributed by atoms with Crippen LogP contribution in [0.25, 0.3) is 17.1 Å². The Morgan fingerprint density at radius 2 is 1.61 bits per heavy atom. The summed E-state index contributed by atoms with van der Waals surface area (Å²) in [4.78, 5) is 17.2. The first kappa shape index (κ1) is 18.4. The molecular formula is C21H14BrClN4O. The lowest BCUT2D eigenvalue weighted by Crippen LogP contribution is -2.14. The molecule has 0 fully saturated rings. The average molecular weight is 454 g/mol. The third-order valence-electron chi connectivity index (χ3n) is 4.02. The smallest absolute Gasteiger partial charge is 0.295 e. The molecule has 0 bridgehead atoms. The van der Waals surface area contributed by atoms with Gasteiger partial charge in [-0.3, -0.25) is 4.79 Å². The molecule has 28 heavy (non-hydrogen) atoms. The van der Waals surface area contributed by atoms with Crippen LogP contribution in [0.4, 0.5) is 5.69 Å². The minimum Gasteiger partial charge on any atom is -0.319 e. The van der Waals surface area contributed by atoms with E-state index in [2.05, 4.69) is 31.3 Å². The summed E-state index contributed by atoms with van der Waals surface area (Å²) >= 11 is 9.44. The number of carbonyl (C=O) groups is 1. The number of anilines is 1. The standard InChI is InChI=1S/C21H14BrClN4O/c22-15-8-6-14(7-9-15)20-25-19(21(28)24-17-4-2-1-3-5-17)26-27(20)18-12-10-16(23)11-13-18/h1-13H,(H,24,28). The quantitative estimate of drug-likeness (QED) is 0.437. The highest BCUT2D eigenvalue weighted by Gasteiger charge is 2.19. The van der Waals surface area contributed by atoms with E-state index in [1.165, 1.54) is 0 Å². The zero-order chi connectivity index (χ0) is 19.5. The van der Waals surface area contributed by atoms with Gasteiger partial charge in [-0.2, -0.15) is 0 Å². The maximum atomic E-state index is 12.7. The number of aromatic nitrogens is 3. The fraction of sp³-hybridized carbons (Fsp3) is 0. The second kappa shape index (κ2) is 7.96. The average Bonchev–Trinajstić information content (AvgIpc) is 3.15. The molecule has 0 atom stereocenters. The van der Waals surface area contributed by atoms with Gasteiger partial charge in [0.15, 0.2) is 5.82 Å². The summed E-state index contributed by atoms with van der Waals surface area (Å²) in [5, 5.41) is 7.88. The molecule has 3 aromatic carbocycles. The maximum Gasteiger partial charge on any atom is 0.295 e. The van der Waals surface area contributed by atoms with E-state index in [4.69, 9.17) is 11.6 Å². The highest BCUT2D eigenvalue weighted by atomic mass is 79.9. The van der Waals surface area contributed by atoms with E-state index < -0.39 is 0 Å². The van der Waals surface area contributed by atoms with Crippen LogP contribution in [0.2, 0.25) is 5.02 Å². The van der Waals surface area contributed by atoms with Gasteiger partial charge in [-0.25, -0.2) is 9.67 Å². The van der Waals surface area contributed by atoms with Gasteiger partial charge in [0.2, 0.25) is 5.82 Å². The Balaban J connectivity index is 1.76. The second-order valence-electron chi connectivity index (χ2n) is 5.97. The Kier molecular flexibility index (Phi) is 5.23. The fourth-order valence-electron chi connectivity index (χ4n) is 2.66. The van der Waals surface area contributed by atoms with Crippen molar-refractivity contribution >= 4 is 39.1 Å². The van der Waals surface area contributed by atoms with Gasteiger partial charge in [0.05, 0.1) is 5.69 Å². The van der Waals surface area contributed by atoms with Crippen molar-refractivity contribution in [1.82, 2.24) is 14.8 Å². The maximum absolute atomic E-state index is 12.7. The Bertz CT molecular complexity index is 1050. The molecule has 0 aliphatic carbocycles. The molecule has 1 N–H and O–H groups in total. The number of rotatable bonds is 4. The molecule has 4 aromatic rings. The lowest BCUT2D eigenvalue weighted by atomic mass is 10.2. The summed E-state index contributed by atoms with van der Waals surface area (Å²) in [6, 6.07) is 24.1. The van der Waals surface area contributed by atoms with Gasteiger partial charge >= 0.3 is 0 Å². The van der Waals surface area contributed by atoms with Crippen molar-refractivity contribution in [1.29, 1.82) is 0 Å². The zero-order valence-electron chi connectivity index (χ0n) is 14.5. The van der Waals surface area contributed by atoms with E-state index in [1.54, 1.807) is 16.8 Å². The SMILES string of the molecule is O=C(Nc1ccccc1)c1nc(-c2ccc(Br)cc2)n(-c2ccc(Cl)cc2)n1. The normalized spacial score (nSPS) is 10.6. The summed E-state index contributed by atoms with van der Waals surface area (Å²) in [5.74, 6) is 0.266. The molecule has 1 aromatic heterocycles. The number of nitrogens with zero attached hydrogens (tertiary/aromatic N) is 3. The molecule has 0 radical (unpaired) electrons. The van der Waals surface area contributed by atoms with Crippen molar-refractivity contribution in [2.75, 3.05) is 5.32 Å². The number of para-hydroxylation sites is 1. The number of carbonyl (C=O) groups excluding carboxylic acids is 1. The van der Waals surface area contributed by atoms with Crippen molar-refractivity contribution in [3.63, 3.8) is 0 Å². The molecule has 0 aliphatic heterocycles. The lowest BCUT2D eigenvalue weighted by Gasteiger charge is -2.06. The molecule has 5 nitrogen and oxygen atoms in total. The van der Waals surface area contributed by atoms with Crippen LogP contribution in [0, 0.1) is 0 Å². The van der Waals surface area contributed by atoms with Gasteiger partial charge in [0.25, 0.3) is 5.91 Å². The first-order chi connectivity index (χ1) is 13.6. The Labute approximate surface area is 175 Å². The van der Waals surface area contributed by atoms with E-state index in [0.717, 1.165) is 15.7 Å². The summed E-state index contributed by atoms with van der Waals surface area (Å²) in [5.41, 5.74) is 2.28. The van der Waals surface area contributed by atoms with Crippen LogP contribution in [0.1, 0.15) is 10.6 Å². The van der Waals surface area contributed by atoms with Crippen LogP contribution in [-0.2, 0) is 0 Å². The molecule has 1 amide bonds. The summed E-state index contributed by atoms with van der Waals surface area (Å²) in [6.45, 7) is 0. The molecular weight excluding hydrogens is 440 g/mol. The predicted molar refractivity (Wildman–Crippen MR) is 114 cm³/mol. The fourth-order valence-corrected chi connectivity index (χ4v) is 3.06. The van der Waals surface area contributed by atoms with Crippen LogP contribution in [0.15, 0.2) is 83.3 Å². The van der Waals surface area contributed by atoms with Gasteiger partial charge in [-0.1, -0.05) is 57.9 Å². The van der Waals surface area contributed by atoms with Crippen LogP contribution in [-0.4, -0.2) is 20.7 Å². The molecule has 0 spiro atoms. The molecule has 0 saturated carbocycles. The number of hydrogen-bond acceptors (Lipinski definition) is 3. The number of hydrogen-bond donors (Lipinski definition) is 1. The highest BCUT2D eigenvalue weighted by molar-refractivity contribution is 9.10. The van der Waals surface area contributed by atoms with E-state index in [-0.39, 0.29) is 11.7 Å². The van der Waals surface area contributed by atoms with Crippen LogP contribution < -0.4 is 5.32 Å². The van der Waals surface area contributed by atoms with E-state index >= 15 is 0 Å². The largest absolute Gasteiger partial charge is 0.319 e. The minimum atomic E-state index is -0.378. The first-order valence-corrected chi connectivity index (χ1v) is 9.62. The molecule has 4 rings (SSSR count). The topological polar surface area (TPSA) is 59.8 Å². The van der Waals surface area contributed by atoms with Crippen LogP contribution >= 0.6 is 27.5 Å². The van der Waals surface area contributed by atoms with Gasteiger partial charge in [-0.15, -0.1) is 5.10 Å². The molecule has 138 valence electrons. The molecule has 0 aliphatic rings. The Morgan fingerprint density at radius 1 is 0.929 bits per heavy atom. The minimum absolute atomic E-state index is 0.0803. The lowest BCUT2D eigenvalue weighted by molar-refractivity contribution is 0.101. The number of benzene rings is 3. The van der Waals surface area contributed by atoms with Crippen molar-refractivity contribution in [2.45, 2.75) is 0 Å². The predicted octanol–water partition coefficient (Wildman–Crippen LogP) is 5.60. The Morgan fingerprint density at radius 3 is 2.29 bits per heavy atom. The first-order valence-electron chi connectivity index (χ1n) is 8.45. The van der Waals surface area contributed by atoms with Crippen LogP contribution in [0.5, 0.6) is 0 Å². The third kappa shape index (κ3) is 3.98. The molecule has 1 heterocycles. The van der Waals surface area contributed by atoms with E-state index in [0.29, 0.717) is 16.5 Å². The van der Waals surface area contributed by atoms with E-state index in [9.17, 15) is 4.79 Å². The summed E-state index contributed by atoms with van der Waals surface area (Å²) in [6.07, 6.45) is 0. The zero-order valence-corrected chi connectivity index (χ0v) is 16.9. The van der Waals surface area contributed by atoms with Crippen molar-refractivity contribution in [2.24, 2.45) is 0 Å². The molecule has 0 saturated heterocycles. The van der Waals surface area contributed by atoms with Crippen molar-refractivity contribution in [3.05, 3.63) is 94.2 Å². The van der Waals surface area contributed by atoms with Gasteiger partial charge in [0, 0.05) is 20.7 Å². The highest BCUT2D eigenvalue weighted by Crippen LogP contribution is 2.24. The van der Waals surface area contributed by atoms with Gasteiger partial charge in [0.1, 0.15) is 0 Å². The number of nitrogens with one attached hydrogen (secondary N) is 1. The van der Waals surface area contributed by atoms with Gasteiger partial charge < -0.3 is 5.32 Å². The van der Waals surface area contributed by atoms with Crippen molar-refractivity contribution in [3.8, 4) is 17.1 Å². The molecule has 7 heteroatoms. The van der Waals surface area contributed by atoms with Crippen LogP contribution in [0.3, 0.4) is 0 Å². The summed E-state index contributed by atoms with van der Waals surface area (Å²) in [7, 11) is 0. The monoisotopic (exact) mass is 452 g/mol.